The van der Waals surface area contributed by atoms with Crippen LogP contribution in [0.4, 0.5) is 0 Å². The molecule has 0 N–H and O–H groups in total. The molecule has 1 aliphatic carbocycles. The normalized spacial score (nSPS) is 21.3. The summed E-state index contributed by atoms with van der Waals surface area (Å²) in [6.45, 7) is 3.84. The summed E-state index contributed by atoms with van der Waals surface area (Å²) in [5, 5.41) is 0. The van der Waals surface area contributed by atoms with Gasteiger partial charge in [-0.15, -0.1) is 23.2 Å². The highest BCUT2D eigenvalue weighted by Crippen LogP contribution is 2.50. The zero-order valence-corrected chi connectivity index (χ0v) is 23.8. The molecule has 1 aromatic carbocycles. The van der Waals surface area contributed by atoms with E-state index in [-0.39, 0.29) is 48.6 Å². The molecule has 10 nitrogen and oxygen atoms in total. The topological polar surface area (TPSA) is 118 Å². The molecular formula is C26H35Cl2NO9. The Morgan fingerprint density at radius 1 is 0.816 bits per heavy atom. The highest BCUT2D eigenvalue weighted by molar-refractivity contribution is 6.19. The van der Waals surface area contributed by atoms with Gasteiger partial charge in [0.1, 0.15) is 11.8 Å². The van der Waals surface area contributed by atoms with Crippen LogP contribution in [-0.2, 0) is 28.7 Å². The Hall–Kier alpha value is -2.56. The average molecular weight is 576 g/mol. The van der Waals surface area contributed by atoms with Crippen LogP contribution in [0.15, 0.2) is 12.1 Å². The quantitative estimate of drug-likeness (QED) is 0.186. The molecule has 0 spiro atoms. The number of benzene rings is 1. The molecule has 2 atom stereocenters. The van der Waals surface area contributed by atoms with Crippen molar-refractivity contribution in [3.8, 4) is 17.2 Å². The summed E-state index contributed by atoms with van der Waals surface area (Å²) in [5.41, 5.74) is 0.236. The number of carbonyl (C=O) groups excluding carboxylic acids is 4. The number of methoxy groups -OCH3 is 3. The number of alkyl halides is 2. The average Bonchev–Trinajstić information content (AvgIpc) is 2.89. The van der Waals surface area contributed by atoms with Crippen molar-refractivity contribution < 1.29 is 42.9 Å². The lowest BCUT2D eigenvalue weighted by Crippen LogP contribution is -2.55. The first-order valence-electron chi connectivity index (χ1n) is 12.3. The van der Waals surface area contributed by atoms with Crippen molar-refractivity contribution in [3.63, 3.8) is 0 Å². The summed E-state index contributed by atoms with van der Waals surface area (Å²) in [6.07, 6.45) is 0. The van der Waals surface area contributed by atoms with E-state index in [1.165, 1.54) is 27.4 Å². The molecule has 12 heteroatoms. The molecule has 2 unspecified atom stereocenters. The Bertz CT molecular complexity index is 959. The second-order valence-corrected chi connectivity index (χ2v) is 9.20. The van der Waals surface area contributed by atoms with Crippen LogP contribution in [-0.4, -0.2) is 94.3 Å². The van der Waals surface area contributed by atoms with Gasteiger partial charge < -0.3 is 23.7 Å². The van der Waals surface area contributed by atoms with Gasteiger partial charge in [0, 0.05) is 42.9 Å². The van der Waals surface area contributed by atoms with E-state index in [0.29, 0.717) is 18.8 Å². The van der Waals surface area contributed by atoms with Crippen molar-refractivity contribution in [2.45, 2.75) is 19.8 Å². The summed E-state index contributed by atoms with van der Waals surface area (Å²) >= 11 is 11.8. The number of esters is 2. The molecule has 0 saturated heterocycles. The number of Topliss-reactive ketones (excluding diaryl/α,β-unsaturated/α-hetero) is 2. The van der Waals surface area contributed by atoms with E-state index in [2.05, 4.69) is 0 Å². The fourth-order valence-corrected chi connectivity index (χ4v) is 5.31. The lowest BCUT2D eigenvalue weighted by atomic mass is 9.63. The Morgan fingerprint density at radius 3 is 1.71 bits per heavy atom. The molecule has 0 radical (unpaired) electrons. The Kier molecular flexibility index (Phi) is 12.6. The van der Waals surface area contributed by atoms with E-state index >= 15 is 0 Å². The van der Waals surface area contributed by atoms with Gasteiger partial charge in [-0.2, -0.15) is 0 Å². The van der Waals surface area contributed by atoms with E-state index in [0.717, 1.165) is 0 Å². The highest BCUT2D eigenvalue weighted by Gasteiger charge is 2.57. The van der Waals surface area contributed by atoms with Crippen LogP contribution in [0, 0.1) is 17.8 Å². The predicted molar refractivity (Wildman–Crippen MR) is 140 cm³/mol. The van der Waals surface area contributed by atoms with Gasteiger partial charge in [0.05, 0.1) is 40.5 Å². The molecule has 0 amide bonds. The lowest BCUT2D eigenvalue weighted by molar-refractivity contribution is -0.164. The molecule has 1 fully saturated rings. The smallest absolute Gasteiger partial charge is 0.317 e. The molecule has 1 aromatic rings. The van der Waals surface area contributed by atoms with E-state index in [4.69, 9.17) is 46.9 Å². The summed E-state index contributed by atoms with van der Waals surface area (Å²) in [7, 11) is 4.20. The van der Waals surface area contributed by atoms with Crippen molar-refractivity contribution in [2.75, 3.05) is 65.9 Å². The van der Waals surface area contributed by atoms with Gasteiger partial charge in [0.15, 0.2) is 23.1 Å². The number of halogens is 2. The summed E-state index contributed by atoms with van der Waals surface area (Å²) < 4.78 is 27.0. The van der Waals surface area contributed by atoms with Crippen molar-refractivity contribution in [2.24, 2.45) is 17.8 Å². The van der Waals surface area contributed by atoms with Gasteiger partial charge in [-0.3, -0.25) is 24.1 Å². The fourth-order valence-electron chi connectivity index (χ4n) is 4.83. The summed E-state index contributed by atoms with van der Waals surface area (Å²) in [4.78, 5) is 56.2. The van der Waals surface area contributed by atoms with Crippen LogP contribution in [0.3, 0.4) is 0 Å². The number of ether oxygens (including phenoxy) is 5. The van der Waals surface area contributed by atoms with Gasteiger partial charge >= 0.3 is 11.9 Å². The molecule has 0 bridgehead atoms. The van der Waals surface area contributed by atoms with Gasteiger partial charge in [0.25, 0.3) is 0 Å². The largest absolute Gasteiger partial charge is 0.493 e. The Labute approximate surface area is 232 Å². The minimum atomic E-state index is -1.49. The molecule has 0 aliphatic heterocycles. The molecular weight excluding hydrogens is 541 g/mol. The van der Waals surface area contributed by atoms with Crippen molar-refractivity contribution in [1.29, 1.82) is 0 Å². The third-order valence-corrected chi connectivity index (χ3v) is 6.77. The molecule has 38 heavy (non-hydrogen) atoms. The molecule has 0 aromatic heterocycles. The SMILES string of the molecule is CCOC(=O)C1C(=O)C(CN(CCCl)CCCl)C(=O)C(C(=O)OCC)C1c1ccc(OC)c(OC)c1OC. The zero-order chi connectivity index (χ0) is 28.4. The maximum Gasteiger partial charge on any atom is 0.317 e. The van der Waals surface area contributed by atoms with E-state index in [1.54, 1.807) is 24.8 Å². The summed E-state index contributed by atoms with van der Waals surface area (Å²) in [6, 6.07) is 3.09. The number of hydrogen-bond acceptors (Lipinski definition) is 10. The zero-order valence-electron chi connectivity index (χ0n) is 22.3. The number of rotatable bonds is 14. The third kappa shape index (κ3) is 6.71. The molecule has 2 rings (SSSR count). The maximum absolute atomic E-state index is 13.9. The number of ketones is 2. The monoisotopic (exact) mass is 575 g/mol. The molecule has 1 saturated carbocycles. The second-order valence-electron chi connectivity index (χ2n) is 8.44. The van der Waals surface area contributed by atoms with Gasteiger partial charge in [0.2, 0.25) is 5.75 Å². The Balaban J connectivity index is 2.80. The summed E-state index contributed by atoms with van der Waals surface area (Å²) in [5.74, 6) is -7.50. The lowest BCUT2D eigenvalue weighted by Gasteiger charge is -2.39. The van der Waals surface area contributed by atoms with Crippen LogP contribution in [0.5, 0.6) is 17.2 Å². The van der Waals surface area contributed by atoms with Crippen LogP contribution in [0.25, 0.3) is 0 Å². The Morgan fingerprint density at radius 2 is 1.32 bits per heavy atom. The van der Waals surface area contributed by atoms with Crippen molar-refractivity contribution in [3.05, 3.63) is 17.7 Å². The van der Waals surface area contributed by atoms with Crippen LogP contribution in [0.2, 0.25) is 0 Å². The standard InChI is InChI=1S/C26H35Cl2NO9/c1-6-37-25(32)19-18(15-8-9-17(34-3)24(36-5)23(15)35-4)20(26(33)38-7-2)22(31)16(21(19)30)14-29(12-10-27)13-11-28/h8-9,16,18-20H,6-7,10-14H2,1-5H3. The fraction of sp³-hybridized carbons (Fsp3) is 0.615. The van der Waals surface area contributed by atoms with Gasteiger partial charge in [-0.1, -0.05) is 6.07 Å². The third-order valence-electron chi connectivity index (χ3n) is 6.44. The first kappa shape index (κ1) is 31.7. The van der Waals surface area contributed by atoms with Crippen LogP contribution < -0.4 is 14.2 Å². The number of hydrogen-bond donors (Lipinski definition) is 0. The number of carbonyl (C=O) groups is 4. The molecule has 1 aliphatic rings. The predicted octanol–water partition coefficient (Wildman–Crippen LogP) is 2.70. The number of nitrogens with zero attached hydrogens (tertiary/aromatic N) is 1. The minimum absolute atomic E-state index is 0.00823. The first-order chi connectivity index (χ1) is 18.2. The van der Waals surface area contributed by atoms with Crippen LogP contribution >= 0.6 is 23.2 Å². The van der Waals surface area contributed by atoms with Gasteiger partial charge in [-0.25, -0.2) is 0 Å². The second kappa shape index (κ2) is 15.1. The molecule has 212 valence electrons. The van der Waals surface area contributed by atoms with Crippen LogP contribution in [0.1, 0.15) is 25.3 Å². The molecule has 0 heterocycles. The van der Waals surface area contributed by atoms with Crippen molar-refractivity contribution in [1.82, 2.24) is 4.90 Å². The van der Waals surface area contributed by atoms with E-state index < -0.39 is 47.2 Å². The first-order valence-corrected chi connectivity index (χ1v) is 13.4. The van der Waals surface area contributed by atoms with E-state index in [9.17, 15) is 19.2 Å². The van der Waals surface area contributed by atoms with E-state index in [1.807, 2.05) is 0 Å². The van der Waals surface area contributed by atoms with Gasteiger partial charge in [-0.05, 0) is 19.9 Å². The maximum atomic E-state index is 13.9. The van der Waals surface area contributed by atoms with Crippen molar-refractivity contribution >= 4 is 46.7 Å². The highest BCUT2D eigenvalue weighted by atomic mass is 35.5. The minimum Gasteiger partial charge on any atom is -0.493 e.